The number of anilines is 2. The molecule has 2 aromatic carbocycles. The SMILES string of the molecule is C[C@H]1C[C@@H](C2=C(CN3CCN(c4ccc(C(=O)NS(=O)(=O)c5ccc(NCCCN(C)CCO)c([N+](=O)[O-])c5)c(Oc5cnc6[nH]ccc6c5)c4)CC3)CCC(C)(C)C2)C2CC21. The summed E-state index contributed by atoms with van der Waals surface area (Å²) in [6.07, 6.45) is 10.3. The number of aliphatic hydroxyl groups is 1. The third-order valence-electron chi connectivity index (χ3n) is 13.6. The first-order valence-corrected chi connectivity index (χ1v) is 23.5. The summed E-state index contributed by atoms with van der Waals surface area (Å²) >= 11 is 0. The fourth-order valence-corrected chi connectivity index (χ4v) is 11.0. The van der Waals surface area contributed by atoms with Gasteiger partial charge in [0.05, 0.1) is 28.2 Å². The van der Waals surface area contributed by atoms with Crippen LogP contribution < -0.4 is 19.7 Å². The number of benzene rings is 2. The normalized spacial score (nSPS) is 22.5. The van der Waals surface area contributed by atoms with E-state index in [0.29, 0.717) is 42.9 Å². The third-order valence-corrected chi connectivity index (χ3v) is 14.9. The molecule has 8 rings (SSSR count). The Morgan fingerprint density at radius 2 is 1.89 bits per heavy atom. The zero-order chi connectivity index (χ0) is 43.8. The lowest BCUT2D eigenvalue weighted by molar-refractivity contribution is -0.384. The van der Waals surface area contributed by atoms with Gasteiger partial charge in [0.1, 0.15) is 22.8 Å². The highest BCUT2D eigenvalue weighted by Gasteiger charge is 2.54. The molecule has 2 aromatic heterocycles. The number of aromatic nitrogens is 2. The summed E-state index contributed by atoms with van der Waals surface area (Å²) in [4.78, 5) is 39.1. The van der Waals surface area contributed by atoms with Crippen molar-refractivity contribution in [1.82, 2.24) is 24.5 Å². The van der Waals surface area contributed by atoms with E-state index in [4.69, 9.17) is 9.84 Å². The number of fused-ring (bicyclic) bond motifs is 2. The van der Waals surface area contributed by atoms with Crippen molar-refractivity contribution >= 4 is 44.0 Å². The second kappa shape index (κ2) is 18.0. The van der Waals surface area contributed by atoms with E-state index < -0.39 is 31.4 Å². The number of nitro groups is 1. The minimum Gasteiger partial charge on any atom is -0.455 e. The molecule has 2 saturated carbocycles. The first-order chi connectivity index (χ1) is 29.7. The standard InChI is InChI=1S/C46H60N8O7S/c1-30-22-38(39-26-37(30)39)40-27-46(2,3)12-10-32(40)29-52-16-18-53(19-17-52)33-6-8-36(43(24-33)61-34-23-31-11-14-48-44(31)49-28-34)45(56)50-62(59,60)35-7-9-41(42(25-35)54(57)58)47-13-5-15-51(4)20-21-55/h6-9,11,14,23-25,28,30,37-39,47,55H,5,10,12-13,15-22,26-27,29H2,1-4H3,(H,48,49)(H,50,56)/t30-,37?,38+,39?/m0/s1. The molecule has 0 bridgehead atoms. The molecule has 0 spiro atoms. The maximum absolute atomic E-state index is 13.9. The van der Waals surface area contributed by atoms with Crippen LogP contribution in [0, 0.1) is 39.2 Å². The summed E-state index contributed by atoms with van der Waals surface area (Å²) in [7, 11) is -2.70. The van der Waals surface area contributed by atoms with E-state index in [1.165, 1.54) is 50.4 Å². The Bertz CT molecular complexity index is 2440. The lowest BCUT2D eigenvalue weighted by Crippen LogP contribution is -2.47. The van der Waals surface area contributed by atoms with Crippen molar-refractivity contribution in [2.24, 2.45) is 29.1 Å². The molecular weight excluding hydrogens is 809 g/mol. The summed E-state index contributed by atoms with van der Waals surface area (Å²) in [5, 5.41) is 25.0. The number of H-pyrrole nitrogens is 1. The van der Waals surface area contributed by atoms with Crippen LogP contribution in [0.2, 0.25) is 0 Å². The molecule has 3 fully saturated rings. The van der Waals surface area contributed by atoms with E-state index in [-0.39, 0.29) is 23.6 Å². The molecule has 62 heavy (non-hydrogen) atoms. The molecule has 1 aliphatic heterocycles. The number of aromatic amines is 1. The topological polar surface area (TPSA) is 186 Å². The number of hydrogen-bond donors (Lipinski definition) is 4. The Morgan fingerprint density at radius 3 is 2.61 bits per heavy atom. The molecule has 4 aliphatic rings. The molecular formula is C46H60N8O7S. The highest BCUT2D eigenvalue weighted by Crippen LogP contribution is 2.62. The first-order valence-electron chi connectivity index (χ1n) is 22.0. The molecule has 1 saturated heterocycles. The van der Waals surface area contributed by atoms with Gasteiger partial charge in [-0.15, -0.1) is 0 Å². The van der Waals surface area contributed by atoms with Crippen molar-refractivity contribution in [2.45, 2.75) is 64.2 Å². The van der Waals surface area contributed by atoms with Crippen LogP contribution in [0.5, 0.6) is 11.5 Å². The van der Waals surface area contributed by atoms with Crippen LogP contribution in [-0.2, 0) is 10.0 Å². The summed E-state index contributed by atoms with van der Waals surface area (Å²) in [5.74, 6) is 2.99. The molecule has 1 amide bonds. The average Bonchev–Trinajstić information content (AvgIpc) is 3.78. The number of rotatable bonds is 17. The predicted molar refractivity (Wildman–Crippen MR) is 240 cm³/mol. The maximum Gasteiger partial charge on any atom is 0.293 e. The summed E-state index contributed by atoms with van der Waals surface area (Å²) < 4.78 is 35.8. The lowest BCUT2D eigenvalue weighted by atomic mass is 9.69. The number of nitrogens with zero attached hydrogens (tertiary/aromatic N) is 5. The number of sulfonamides is 1. The van der Waals surface area contributed by atoms with Crippen LogP contribution in [0.1, 0.15) is 69.7 Å². The highest BCUT2D eigenvalue weighted by atomic mass is 32.2. The molecule has 332 valence electrons. The maximum atomic E-state index is 13.9. The van der Waals surface area contributed by atoms with Gasteiger partial charge in [-0.05, 0) is 118 Å². The fourth-order valence-electron chi connectivity index (χ4n) is 10.0. The van der Waals surface area contributed by atoms with Gasteiger partial charge < -0.3 is 29.9 Å². The molecule has 3 heterocycles. The van der Waals surface area contributed by atoms with E-state index in [9.17, 15) is 23.3 Å². The van der Waals surface area contributed by atoms with E-state index in [0.717, 1.165) is 73.5 Å². The van der Waals surface area contributed by atoms with Crippen molar-refractivity contribution in [3.8, 4) is 11.5 Å². The monoisotopic (exact) mass is 868 g/mol. The number of carbonyl (C=O) groups is 1. The number of carbonyl (C=O) groups excluding carboxylic acids is 1. The minimum absolute atomic E-state index is 0.0251. The Kier molecular flexibility index (Phi) is 12.7. The largest absolute Gasteiger partial charge is 0.455 e. The fraction of sp³-hybridized carbons (Fsp3) is 0.522. The van der Waals surface area contributed by atoms with Gasteiger partial charge in [-0.25, -0.2) is 18.1 Å². The van der Waals surface area contributed by atoms with Gasteiger partial charge in [0.15, 0.2) is 0 Å². The highest BCUT2D eigenvalue weighted by molar-refractivity contribution is 7.90. The van der Waals surface area contributed by atoms with Gasteiger partial charge in [-0.2, -0.15) is 0 Å². The Morgan fingerprint density at radius 1 is 1.08 bits per heavy atom. The lowest BCUT2D eigenvalue weighted by Gasteiger charge is -2.40. The molecule has 3 aliphatic carbocycles. The van der Waals surface area contributed by atoms with E-state index in [2.05, 4.69) is 50.6 Å². The Balaban J connectivity index is 0.981. The number of pyridine rings is 1. The second-order valence-electron chi connectivity index (χ2n) is 18.7. The predicted octanol–water partition coefficient (Wildman–Crippen LogP) is 7.03. The van der Waals surface area contributed by atoms with Gasteiger partial charge in [-0.1, -0.05) is 31.9 Å². The van der Waals surface area contributed by atoms with E-state index in [1.54, 1.807) is 35.5 Å². The van der Waals surface area contributed by atoms with Crippen LogP contribution >= 0.6 is 0 Å². The van der Waals surface area contributed by atoms with Crippen molar-refractivity contribution in [3.63, 3.8) is 0 Å². The minimum atomic E-state index is -4.56. The number of aliphatic hydroxyl groups excluding tert-OH is 1. The van der Waals surface area contributed by atoms with Gasteiger partial charge >= 0.3 is 0 Å². The summed E-state index contributed by atoms with van der Waals surface area (Å²) in [5.41, 5.74) is 4.99. The molecule has 2 unspecified atom stereocenters. The quantitative estimate of drug-likeness (QED) is 0.0368. The number of hydrogen-bond acceptors (Lipinski definition) is 12. The molecule has 15 nitrogen and oxygen atoms in total. The number of nitrogens with one attached hydrogen (secondary N) is 3. The van der Waals surface area contributed by atoms with Crippen molar-refractivity contribution in [3.05, 3.63) is 87.7 Å². The Hall–Kier alpha value is -5.03. The molecule has 16 heteroatoms. The van der Waals surface area contributed by atoms with Crippen LogP contribution in [0.15, 0.2) is 77.0 Å². The van der Waals surface area contributed by atoms with Crippen LogP contribution in [0.4, 0.5) is 17.1 Å². The zero-order valence-electron chi connectivity index (χ0n) is 36.2. The molecule has 4 aromatic rings. The molecule has 4 N–H and O–H groups in total. The number of amides is 1. The molecule has 4 atom stereocenters. The van der Waals surface area contributed by atoms with E-state index >= 15 is 0 Å². The van der Waals surface area contributed by atoms with Crippen molar-refractivity contribution in [1.29, 1.82) is 0 Å². The smallest absolute Gasteiger partial charge is 0.293 e. The Labute approximate surface area is 364 Å². The number of likely N-dealkylation sites (N-methyl/N-ethyl adjacent to an activating group) is 1. The van der Waals surface area contributed by atoms with Crippen LogP contribution in [0.3, 0.4) is 0 Å². The number of ether oxygens (including phenoxy) is 1. The summed E-state index contributed by atoms with van der Waals surface area (Å²) in [6, 6.07) is 12.3. The molecule has 0 radical (unpaired) electrons. The van der Waals surface area contributed by atoms with Crippen LogP contribution in [0.25, 0.3) is 11.0 Å². The third kappa shape index (κ3) is 9.78. The van der Waals surface area contributed by atoms with Gasteiger partial charge in [-0.3, -0.25) is 19.8 Å². The van der Waals surface area contributed by atoms with Gasteiger partial charge in [0.25, 0.3) is 21.6 Å². The number of nitro benzene ring substituents is 1. The zero-order valence-corrected chi connectivity index (χ0v) is 37.0. The summed E-state index contributed by atoms with van der Waals surface area (Å²) in [6.45, 7) is 13.2. The van der Waals surface area contributed by atoms with Crippen LogP contribution in [-0.4, -0.2) is 110 Å². The van der Waals surface area contributed by atoms with Gasteiger partial charge in [0, 0.05) is 75.2 Å². The van der Waals surface area contributed by atoms with E-state index in [1.807, 2.05) is 24.1 Å². The average molecular weight is 869 g/mol. The second-order valence-corrected chi connectivity index (χ2v) is 20.3. The number of piperazine rings is 1. The van der Waals surface area contributed by atoms with Crippen molar-refractivity contribution < 1.29 is 28.0 Å². The van der Waals surface area contributed by atoms with Crippen molar-refractivity contribution in [2.75, 3.05) is 76.2 Å². The van der Waals surface area contributed by atoms with Gasteiger partial charge in [0.2, 0.25) is 0 Å². The number of allylic oxidation sites excluding steroid dienone is 1. The first kappa shape index (κ1) is 43.6.